The molecule has 0 saturated carbocycles. The van der Waals surface area contributed by atoms with Gasteiger partial charge in [0.05, 0.1) is 0 Å². The number of hydrogen-bond donors (Lipinski definition) is 2. The van der Waals surface area contributed by atoms with Crippen LogP contribution in [0.2, 0.25) is 0 Å². The zero-order valence-corrected chi connectivity index (χ0v) is 12.4. The lowest BCUT2D eigenvalue weighted by molar-refractivity contribution is -0.274. The van der Waals surface area contributed by atoms with E-state index in [1.165, 1.54) is 12.3 Å². The van der Waals surface area contributed by atoms with E-state index in [1.54, 1.807) is 0 Å². The predicted octanol–water partition coefficient (Wildman–Crippen LogP) is 3.08. The Balaban J connectivity index is 0. The second-order valence-corrected chi connectivity index (χ2v) is 4.14. The summed E-state index contributed by atoms with van der Waals surface area (Å²) in [6.07, 6.45) is -1.17. The highest BCUT2D eigenvalue weighted by Gasteiger charge is 2.32. The van der Waals surface area contributed by atoms with E-state index in [-0.39, 0.29) is 36.7 Å². The van der Waals surface area contributed by atoms with Gasteiger partial charge in [0, 0.05) is 12.2 Å². The fourth-order valence-electron chi connectivity index (χ4n) is 1.47. The third-order valence-corrected chi connectivity index (χ3v) is 2.29. The van der Waals surface area contributed by atoms with E-state index >= 15 is 0 Å². The summed E-state index contributed by atoms with van der Waals surface area (Å²) in [6.45, 7) is 1.87. The van der Waals surface area contributed by atoms with Gasteiger partial charge in [-0.1, -0.05) is 0 Å². The summed E-state index contributed by atoms with van der Waals surface area (Å²) in [5.41, 5.74) is 11.5. The monoisotopic (exact) mass is 335 g/mol. The van der Waals surface area contributed by atoms with Gasteiger partial charge in [0.2, 0.25) is 0 Å². The van der Waals surface area contributed by atoms with Crippen LogP contribution in [0.4, 0.5) is 19.0 Å². The van der Waals surface area contributed by atoms with Gasteiger partial charge in [-0.25, -0.2) is 4.98 Å². The molecule has 1 atom stereocenters. The van der Waals surface area contributed by atoms with Crippen molar-refractivity contribution in [1.82, 2.24) is 4.98 Å². The molecule has 0 bridgehead atoms. The highest BCUT2D eigenvalue weighted by molar-refractivity contribution is 5.85. The van der Waals surface area contributed by atoms with Crippen LogP contribution in [-0.4, -0.2) is 17.4 Å². The molecule has 0 radical (unpaired) electrons. The van der Waals surface area contributed by atoms with Gasteiger partial charge in [0.1, 0.15) is 0 Å². The molecule has 9 heteroatoms. The molecular formula is C11H18Cl2F3N3O. The lowest BCUT2D eigenvalue weighted by atomic mass is 10.1. The third kappa shape index (κ3) is 8.29. The van der Waals surface area contributed by atoms with Crippen molar-refractivity contribution < 1.29 is 17.9 Å². The van der Waals surface area contributed by atoms with E-state index in [0.717, 1.165) is 12.8 Å². The van der Waals surface area contributed by atoms with Crippen molar-refractivity contribution >= 4 is 30.6 Å². The van der Waals surface area contributed by atoms with Gasteiger partial charge in [0.25, 0.3) is 0 Å². The highest BCUT2D eigenvalue weighted by Crippen LogP contribution is 2.27. The number of aryl methyl sites for hydroxylation is 1. The number of nitrogens with zero attached hydrogens (tertiary/aromatic N) is 1. The van der Waals surface area contributed by atoms with Crippen molar-refractivity contribution in [3.8, 4) is 5.75 Å². The molecule has 4 N–H and O–H groups in total. The SMILES string of the molecule is C[C@H](N)CCCc1cnc(N)c(OC(F)(F)F)c1.Cl.Cl. The van der Waals surface area contributed by atoms with Crippen LogP contribution in [0, 0.1) is 0 Å². The van der Waals surface area contributed by atoms with Crippen LogP contribution in [0.1, 0.15) is 25.3 Å². The summed E-state index contributed by atoms with van der Waals surface area (Å²) in [6, 6.07) is 1.33. The zero-order chi connectivity index (χ0) is 13.8. The van der Waals surface area contributed by atoms with E-state index in [4.69, 9.17) is 11.5 Å². The Bertz CT molecular complexity index is 403. The smallest absolute Gasteiger partial charge is 0.402 e. The lowest BCUT2D eigenvalue weighted by Crippen LogP contribution is -2.18. The van der Waals surface area contributed by atoms with Crippen LogP contribution in [-0.2, 0) is 6.42 Å². The largest absolute Gasteiger partial charge is 0.573 e. The Morgan fingerprint density at radius 3 is 2.45 bits per heavy atom. The van der Waals surface area contributed by atoms with Crippen molar-refractivity contribution in [2.24, 2.45) is 5.73 Å². The average Bonchev–Trinajstić information content (AvgIpc) is 2.20. The number of hydrogen-bond acceptors (Lipinski definition) is 4. The molecule has 1 aromatic heterocycles. The molecule has 0 spiro atoms. The van der Waals surface area contributed by atoms with Gasteiger partial charge >= 0.3 is 6.36 Å². The molecule has 0 aliphatic carbocycles. The first-order chi connectivity index (χ1) is 8.28. The van der Waals surface area contributed by atoms with E-state index in [9.17, 15) is 13.2 Å². The summed E-state index contributed by atoms with van der Waals surface area (Å²) < 4.78 is 40.1. The summed E-state index contributed by atoms with van der Waals surface area (Å²) in [7, 11) is 0. The molecular weight excluding hydrogens is 318 g/mol. The quantitative estimate of drug-likeness (QED) is 0.867. The number of pyridine rings is 1. The first kappa shape index (κ1) is 21.4. The van der Waals surface area contributed by atoms with Crippen LogP contribution in [0.3, 0.4) is 0 Å². The first-order valence-corrected chi connectivity index (χ1v) is 5.53. The topological polar surface area (TPSA) is 74.2 Å². The van der Waals surface area contributed by atoms with Crippen LogP contribution in [0.15, 0.2) is 12.3 Å². The number of anilines is 1. The molecule has 0 aromatic carbocycles. The zero-order valence-electron chi connectivity index (χ0n) is 10.8. The average molecular weight is 336 g/mol. The summed E-state index contributed by atoms with van der Waals surface area (Å²) >= 11 is 0. The molecule has 4 nitrogen and oxygen atoms in total. The van der Waals surface area contributed by atoms with Crippen molar-refractivity contribution in [3.63, 3.8) is 0 Å². The van der Waals surface area contributed by atoms with Gasteiger partial charge < -0.3 is 16.2 Å². The lowest BCUT2D eigenvalue weighted by Gasteiger charge is -2.12. The maximum atomic E-state index is 12.1. The molecule has 0 aliphatic rings. The second kappa shape index (κ2) is 9.10. The molecule has 0 fully saturated rings. The Kier molecular flexibility index (Phi) is 9.72. The Hall–Kier alpha value is -0.920. The summed E-state index contributed by atoms with van der Waals surface area (Å²) in [5, 5.41) is 0. The number of nitrogen functional groups attached to an aromatic ring is 1. The van der Waals surface area contributed by atoms with Gasteiger partial charge in [-0.3, -0.25) is 0 Å². The summed E-state index contributed by atoms with van der Waals surface area (Å²) in [4.78, 5) is 3.68. The minimum Gasteiger partial charge on any atom is -0.402 e. The minimum absolute atomic E-state index is 0. The maximum absolute atomic E-state index is 12.1. The van der Waals surface area contributed by atoms with E-state index in [2.05, 4.69) is 9.72 Å². The van der Waals surface area contributed by atoms with Gasteiger partial charge in [0.15, 0.2) is 11.6 Å². The number of nitrogens with two attached hydrogens (primary N) is 2. The fraction of sp³-hybridized carbons (Fsp3) is 0.545. The van der Waals surface area contributed by atoms with Crippen molar-refractivity contribution in [2.75, 3.05) is 5.73 Å². The molecule has 20 heavy (non-hydrogen) atoms. The molecule has 0 amide bonds. The molecule has 118 valence electrons. The standard InChI is InChI=1S/C11H16F3N3O.2ClH/c1-7(15)3-2-4-8-5-9(10(16)17-6-8)18-11(12,13)14;;/h5-7H,2-4,15H2,1H3,(H2,16,17);2*1H/t7-;;/m0../s1. The molecule has 1 aromatic rings. The van der Waals surface area contributed by atoms with Crippen LogP contribution < -0.4 is 16.2 Å². The number of rotatable bonds is 5. The summed E-state index contributed by atoms with van der Waals surface area (Å²) in [5.74, 6) is -0.732. The van der Waals surface area contributed by atoms with Gasteiger partial charge in [-0.2, -0.15) is 0 Å². The Labute approximate surface area is 127 Å². The second-order valence-electron chi connectivity index (χ2n) is 4.14. The van der Waals surface area contributed by atoms with Crippen molar-refractivity contribution in [1.29, 1.82) is 0 Å². The van der Waals surface area contributed by atoms with Crippen molar-refractivity contribution in [2.45, 2.75) is 38.6 Å². The number of halogens is 5. The van der Waals surface area contributed by atoms with Crippen LogP contribution in [0.5, 0.6) is 5.75 Å². The Morgan fingerprint density at radius 1 is 1.35 bits per heavy atom. The van der Waals surface area contributed by atoms with Gasteiger partial charge in [-0.05, 0) is 37.8 Å². The van der Waals surface area contributed by atoms with Crippen molar-refractivity contribution in [3.05, 3.63) is 17.8 Å². The first-order valence-electron chi connectivity index (χ1n) is 5.53. The minimum atomic E-state index is -4.76. The van der Waals surface area contributed by atoms with Gasteiger partial charge in [-0.15, -0.1) is 38.0 Å². The number of aromatic nitrogens is 1. The fourth-order valence-corrected chi connectivity index (χ4v) is 1.47. The van der Waals surface area contributed by atoms with E-state index in [1.807, 2.05) is 6.92 Å². The van der Waals surface area contributed by atoms with E-state index < -0.39 is 12.1 Å². The highest BCUT2D eigenvalue weighted by atomic mass is 35.5. The maximum Gasteiger partial charge on any atom is 0.573 e. The number of ether oxygens (including phenoxy) is 1. The third-order valence-electron chi connectivity index (χ3n) is 2.29. The number of alkyl halides is 3. The molecule has 0 aliphatic heterocycles. The molecule has 0 saturated heterocycles. The van der Waals surface area contributed by atoms with Crippen LogP contribution in [0.25, 0.3) is 0 Å². The Morgan fingerprint density at radius 2 is 1.95 bits per heavy atom. The molecule has 1 heterocycles. The predicted molar refractivity (Wildman–Crippen MR) is 76.4 cm³/mol. The van der Waals surface area contributed by atoms with E-state index in [0.29, 0.717) is 12.0 Å². The molecule has 1 rings (SSSR count). The van der Waals surface area contributed by atoms with Crippen LogP contribution >= 0.6 is 24.8 Å². The molecule has 0 unspecified atom stereocenters. The normalized spacial score (nSPS) is 12.1.